The maximum Gasteiger partial charge on any atom is 0.134 e. The number of aromatic hydroxyl groups is 1. The first kappa shape index (κ1) is 15.9. The molecule has 1 aromatic carbocycles. The van der Waals surface area contributed by atoms with Crippen molar-refractivity contribution in [2.45, 2.75) is 52.0 Å². The third-order valence-corrected chi connectivity index (χ3v) is 6.29. The monoisotopic (exact) mass is 319 g/mol. The fourth-order valence-corrected chi connectivity index (χ4v) is 4.71. The molecule has 1 fully saturated rings. The number of nitrogens with zero attached hydrogens (tertiary/aromatic N) is 1. The van der Waals surface area contributed by atoms with Crippen molar-refractivity contribution in [1.29, 1.82) is 0 Å². The molecule has 1 N–H and O–H groups in total. The Morgan fingerprint density at radius 1 is 1.45 bits per heavy atom. The van der Waals surface area contributed by atoms with Gasteiger partial charge in [0.25, 0.3) is 0 Å². The van der Waals surface area contributed by atoms with E-state index in [1.54, 1.807) is 6.07 Å². The van der Waals surface area contributed by atoms with E-state index in [9.17, 15) is 5.11 Å². The lowest BCUT2D eigenvalue weighted by Gasteiger charge is -2.54. The highest BCUT2D eigenvalue weighted by Crippen LogP contribution is 2.52. The number of halogens is 1. The molecule has 2 bridgehead atoms. The Hall–Kier alpha value is -0.990. The minimum Gasteiger partial charge on any atom is -0.506 e. The zero-order valence-electron chi connectivity index (χ0n) is 14.0. The summed E-state index contributed by atoms with van der Waals surface area (Å²) in [4.78, 5) is 2.61. The summed E-state index contributed by atoms with van der Waals surface area (Å²) in [5.74, 6) is 0.762. The van der Waals surface area contributed by atoms with E-state index in [0.29, 0.717) is 17.0 Å². The molecule has 1 saturated heterocycles. The van der Waals surface area contributed by atoms with Gasteiger partial charge < -0.3 is 5.11 Å². The Balaban J connectivity index is 2.01. The van der Waals surface area contributed by atoms with Crippen LogP contribution in [-0.2, 0) is 11.8 Å². The Bertz CT molecular complexity index is 620. The maximum absolute atomic E-state index is 10.0. The van der Waals surface area contributed by atoms with Crippen LogP contribution in [0.15, 0.2) is 23.8 Å². The zero-order valence-corrected chi connectivity index (χ0v) is 14.7. The predicted octanol–water partition coefficient (Wildman–Crippen LogP) is 4.54. The van der Waals surface area contributed by atoms with Crippen LogP contribution in [-0.4, -0.2) is 29.1 Å². The highest BCUT2D eigenvalue weighted by molar-refractivity contribution is 6.33. The minimum absolute atomic E-state index is 0.0650. The smallest absolute Gasteiger partial charge is 0.134 e. The van der Waals surface area contributed by atoms with E-state index in [-0.39, 0.29) is 11.2 Å². The molecule has 1 heterocycles. The van der Waals surface area contributed by atoms with E-state index in [2.05, 4.69) is 44.7 Å². The van der Waals surface area contributed by atoms with E-state index in [4.69, 9.17) is 11.6 Å². The molecule has 2 aliphatic rings. The van der Waals surface area contributed by atoms with E-state index < -0.39 is 0 Å². The largest absolute Gasteiger partial charge is 0.506 e. The second-order valence-corrected chi connectivity index (χ2v) is 7.81. The molecule has 2 nitrogen and oxygen atoms in total. The van der Waals surface area contributed by atoms with Gasteiger partial charge in [0.05, 0.1) is 5.02 Å². The van der Waals surface area contributed by atoms with Crippen molar-refractivity contribution in [1.82, 2.24) is 4.90 Å². The lowest BCUT2D eigenvalue weighted by Crippen LogP contribution is -2.58. The molecule has 120 valence electrons. The number of rotatable bonds is 2. The van der Waals surface area contributed by atoms with Crippen molar-refractivity contribution < 1.29 is 5.11 Å². The first-order valence-corrected chi connectivity index (χ1v) is 8.60. The summed E-state index contributed by atoms with van der Waals surface area (Å²) in [6.07, 6.45) is 4.45. The quantitative estimate of drug-likeness (QED) is 0.809. The number of phenolic OH excluding ortho intramolecular Hbond substituents is 1. The first-order valence-electron chi connectivity index (χ1n) is 8.23. The molecule has 0 saturated carbocycles. The lowest BCUT2D eigenvalue weighted by molar-refractivity contribution is 0.0397. The van der Waals surface area contributed by atoms with Crippen LogP contribution in [0.1, 0.15) is 45.2 Å². The summed E-state index contributed by atoms with van der Waals surface area (Å²) in [5.41, 5.74) is 3.95. The van der Waals surface area contributed by atoms with Gasteiger partial charge in [0.2, 0.25) is 0 Å². The predicted molar refractivity (Wildman–Crippen MR) is 92.7 cm³/mol. The molecule has 0 aromatic heterocycles. The average molecular weight is 320 g/mol. The normalized spacial score (nSPS) is 30.8. The first-order chi connectivity index (χ1) is 10.3. The fourth-order valence-electron chi connectivity index (χ4n) is 4.31. The number of allylic oxidation sites excluding steroid dienone is 1. The summed E-state index contributed by atoms with van der Waals surface area (Å²) < 4.78 is 0. The van der Waals surface area contributed by atoms with Crippen LogP contribution < -0.4 is 0 Å². The number of phenols is 1. The standard InChI is InChI=1S/C19H26ClNO/c1-12(2)7-9-21-10-8-19(4)13(3)15(21)11-14-5-6-16(22)18(20)17(14)19/h5-7,13,15,22H,8-11H2,1-4H3/t13-,15+,19-/m1/s1. The molecule has 1 aromatic rings. The van der Waals surface area contributed by atoms with Crippen LogP contribution in [0.2, 0.25) is 5.02 Å². The van der Waals surface area contributed by atoms with Gasteiger partial charge in [0.1, 0.15) is 5.75 Å². The van der Waals surface area contributed by atoms with E-state index in [1.165, 1.54) is 16.7 Å². The van der Waals surface area contributed by atoms with Gasteiger partial charge in [-0.3, -0.25) is 4.90 Å². The maximum atomic E-state index is 10.0. The van der Waals surface area contributed by atoms with Gasteiger partial charge in [0.15, 0.2) is 0 Å². The minimum atomic E-state index is 0.0650. The summed E-state index contributed by atoms with van der Waals surface area (Å²) in [6, 6.07) is 4.37. The molecule has 3 atom stereocenters. The molecule has 0 amide bonds. The van der Waals surface area contributed by atoms with Gasteiger partial charge >= 0.3 is 0 Å². The van der Waals surface area contributed by atoms with Crippen molar-refractivity contribution in [3.8, 4) is 5.75 Å². The highest BCUT2D eigenvalue weighted by atomic mass is 35.5. The summed E-state index contributed by atoms with van der Waals surface area (Å²) in [6.45, 7) is 11.1. The number of hydrogen-bond donors (Lipinski definition) is 1. The van der Waals surface area contributed by atoms with Crippen molar-refractivity contribution in [3.05, 3.63) is 39.9 Å². The van der Waals surface area contributed by atoms with Crippen LogP contribution in [0.25, 0.3) is 0 Å². The molecule has 0 unspecified atom stereocenters. The summed E-state index contributed by atoms with van der Waals surface area (Å²) in [5, 5.41) is 10.6. The molecular formula is C19H26ClNO. The van der Waals surface area contributed by atoms with E-state index in [1.807, 2.05) is 0 Å². The topological polar surface area (TPSA) is 23.5 Å². The second kappa shape index (κ2) is 5.58. The molecule has 3 rings (SSSR count). The van der Waals surface area contributed by atoms with Crippen LogP contribution >= 0.6 is 11.6 Å². The van der Waals surface area contributed by atoms with Crippen molar-refractivity contribution in [2.75, 3.05) is 13.1 Å². The molecule has 1 aliphatic carbocycles. The molecule has 0 radical (unpaired) electrons. The summed E-state index contributed by atoms with van der Waals surface area (Å²) in [7, 11) is 0. The number of hydrogen-bond acceptors (Lipinski definition) is 2. The van der Waals surface area contributed by atoms with Crippen LogP contribution in [0.5, 0.6) is 5.75 Å². The Labute approximate surface area is 138 Å². The van der Waals surface area contributed by atoms with Gasteiger partial charge in [-0.05, 0) is 61.8 Å². The lowest BCUT2D eigenvalue weighted by atomic mass is 9.59. The van der Waals surface area contributed by atoms with Gasteiger partial charge in [0, 0.05) is 12.6 Å². The molecule has 22 heavy (non-hydrogen) atoms. The van der Waals surface area contributed by atoms with Gasteiger partial charge in [-0.2, -0.15) is 0 Å². The van der Waals surface area contributed by atoms with Crippen LogP contribution in [0.3, 0.4) is 0 Å². The molecule has 3 heteroatoms. The number of piperidine rings is 1. The van der Waals surface area contributed by atoms with Crippen LogP contribution in [0.4, 0.5) is 0 Å². The SMILES string of the molecule is CC(C)=CCN1CC[C@@]2(C)c3c(ccc(O)c3Cl)C[C@H]1[C@H]2C. The Morgan fingerprint density at radius 2 is 2.18 bits per heavy atom. The van der Waals surface area contributed by atoms with Gasteiger partial charge in [-0.15, -0.1) is 0 Å². The molecular weight excluding hydrogens is 294 g/mol. The Kier molecular flexibility index (Phi) is 4.03. The Morgan fingerprint density at radius 3 is 2.86 bits per heavy atom. The van der Waals surface area contributed by atoms with Crippen molar-refractivity contribution in [2.24, 2.45) is 5.92 Å². The molecule has 1 aliphatic heterocycles. The van der Waals surface area contributed by atoms with E-state index in [0.717, 1.165) is 25.9 Å². The van der Waals surface area contributed by atoms with Gasteiger partial charge in [-0.25, -0.2) is 0 Å². The molecule has 0 spiro atoms. The van der Waals surface area contributed by atoms with Gasteiger partial charge in [-0.1, -0.05) is 43.2 Å². The van der Waals surface area contributed by atoms with Crippen LogP contribution in [0, 0.1) is 5.92 Å². The third kappa shape index (κ3) is 2.37. The number of likely N-dealkylation sites (tertiary alicyclic amines) is 1. The highest BCUT2D eigenvalue weighted by Gasteiger charge is 2.49. The average Bonchev–Trinajstić information content (AvgIpc) is 2.45. The second-order valence-electron chi connectivity index (χ2n) is 7.44. The summed E-state index contributed by atoms with van der Waals surface area (Å²) >= 11 is 6.48. The van der Waals surface area contributed by atoms with Crippen molar-refractivity contribution >= 4 is 11.6 Å². The van der Waals surface area contributed by atoms with Crippen molar-refractivity contribution in [3.63, 3.8) is 0 Å². The fraction of sp³-hybridized carbons (Fsp3) is 0.579. The third-order valence-electron chi connectivity index (χ3n) is 5.91. The number of benzene rings is 1. The number of fused-ring (bicyclic) bond motifs is 4. The zero-order chi connectivity index (χ0) is 16.1. The van der Waals surface area contributed by atoms with E-state index >= 15 is 0 Å².